The summed E-state index contributed by atoms with van der Waals surface area (Å²) in [6.45, 7) is 4.86. The van der Waals surface area contributed by atoms with E-state index in [9.17, 15) is 14.3 Å². The fourth-order valence-electron chi connectivity index (χ4n) is 6.75. The zero-order valence-electron chi connectivity index (χ0n) is 20.9. The fraction of sp³-hybridized carbons (Fsp3) is 0.607. The normalized spacial score (nSPS) is 28.2. The third-order valence-electron chi connectivity index (χ3n) is 8.50. The highest BCUT2D eigenvalue weighted by Crippen LogP contribution is 2.40. The molecule has 0 bridgehead atoms. The number of likely N-dealkylation sites (tertiary alicyclic amines) is 2. The average Bonchev–Trinajstić information content (AvgIpc) is 3.29. The smallest absolute Gasteiger partial charge is 0.303 e. The van der Waals surface area contributed by atoms with Crippen LogP contribution in [0.5, 0.6) is 0 Å². The second kappa shape index (κ2) is 11.6. The molecule has 0 radical (unpaired) electrons. The summed E-state index contributed by atoms with van der Waals surface area (Å²) in [6, 6.07) is 9.62. The third-order valence-corrected chi connectivity index (χ3v) is 8.50. The third kappa shape index (κ3) is 6.21. The lowest BCUT2D eigenvalue weighted by molar-refractivity contribution is -0.139. The quantitative estimate of drug-likeness (QED) is 0.567. The first-order chi connectivity index (χ1) is 17.5. The molecule has 2 saturated heterocycles. The molecule has 8 heteroatoms. The zero-order chi connectivity index (χ0) is 24.9. The molecule has 1 aromatic carbocycles. The molecular formula is C28H38FN5O2. The van der Waals surface area contributed by atoms with Crippen LogP contribution in [0.2, 0.25) is 0 Å². The van der Waals surface area contributed by atoms with Crippen LogP contribution in [0.15, 0.2) is 42.7 Å². The van der Waals surface area contributed by atoms with Crippen LogP contribution in [0.1, 0.15) is 56.4 Å². The van der Waals surface area contributed by atoms with Gasteiger partial charge < -0.3 is 15.3 Å². The van der Waals surface area contributed by atoms with E-state index in [1.165, 1.54) is 6.07 Å². The molecule has 5 rings (SSSR count). The summed E-state index contributed by atoms with van der Waals surface area (Å²) in [5.74, 6) is 0.702. The van der Waals surface area contributed by atoms with Crippen molar-refractivity contribution in [2.75, 3.05) is 38.0 Å². The molecule has 1 saturated carbocycles. The van der Waals surface area contributed by atoms with Crippen molar-refractivity contribution in [1.29, 1.82) is 0 Å². The Labute approximate surface area is 213 Å². The van der Waals surface area contributed by atoms with Gasteiger partial charge >= 0.3 is 5.97 Å². The largest absolute Gasteiger partial charge is 0.481 e. The highest BCUT2D eigenvalue weighted by molar-refractivity contribution is 5.67. The number of halogens is 1. The first kappa shape index (κ1) is 25.1. The van der Waals surface area contributed by atoms with Crippen molar-refractivity contribution in [3.8, 4) is 0 Å². The van der Waals surface area contributed by atoms with Crippen LogP contribution in [-0.4, -0.2) is 75.7 Å². The van der Waals surface area contributed by atoms with Gasteiger partial charge in [0.2, 0.25) is 5.95 Å². The van der Waals surface area contributed by atoms with Gasteiger partial charge in [0.05, 0.1) is 0 Å². The predicted octanol–water partition coefficient (Wildman–Crippen LogP) is 4.24. The van der Waals surface area contributed by atoms with E-state index in [1.807, 2.05) is 12.1 Å². The highest BCUT2D eigenvalue weighted by Gasteiger charge is 2.41. The Kier molecular flexibility index (Phi) is 8.12. The number of piperidine rings is 1. The summed E-state index contributed by atoms with van der Waals surface area (Å²) in [6.07, 6.45) is 10.2. The predicted molar refractivity (Wildman–Crippen MR) is 137 cm³/mol. The van der Waals surface area contributed by atoms with Crippen LogP contribution in [0, 0.1) is 17.7 Å². The lowest BCUT2D eigenvalue weighted by Crippen LogP contribution is -2.44. The van der Waals surface area contributed by atoms with Gasteiger partial charge in [0.25, 0.3) is 0 Å². The Bertz CT molecular complexity index is 1000. The van der Waals surface area contributed by atoms with E-state index in [2.05, 4.69) is 31.2 Å². The van der Waals surface area contributed by atoms with Crippen molar-refractivity contribution >= 4 is 11.9 Å². The number of carbonyl (C=O) groups is 1. The summed E-state index contributed by atoms with van der Waals surface area (Å²) in [4.78, 5) is 25.2. The Balaban J connectivity index is 1.25. The van der Waals surface area contributed by atoms with Crippen LogP contribution in [0.3, 0.4) is 0 Å². The van der Waals surface area contributed by atoms with Gasteiger partial charge in [-0.3, -0.25) is 9.69 Å². The number of aromatic nitrogens is 2. The van der Waals surface area contributed by atoms with Gasteiger partial charge in [0.1, 0.15) is 5.82 Å². The first-order valence-corrected chi connectivity index (χ1v) is 13.5. The Morgan fingerprint density at radius 1 is 1.03 bits per heavy atom. The van der Waals surface area contributed by atoms with E-state index in [0.717, 1.165) is 76.8 Å². The maximum atomic E-state index is 14.2. The van der Waals surface area contributed by atoms with Gasteiger partial charge in [-0.1, -0.05) is 25.0 Å². The second-order valence-corrected chi connectivity index (χ2v) is 10.9. The molecule has 0 amide bonds. The fourth-order valence-corrected chi connectivity index (χ4v) is 6.75. The number of carboxylic acids is 1. The summed E-state index contributed by atoms with van der Waals surface area (Å²) in [7, 11) is 0. The molecule has 7 nitrogen and oxygen atoms in total. The van der Waals surface area contributed by atoms with Crippen LogP contribution in [-0.2, 0) is 4.79 Å². The SMILES string of the molecule is O=C(O)CC1CCCCC1N1C[C@H](CN2CCC(Nc3ncccn3)CC2)[C@@H](c2cccc(F)c2)C1. The molecule has 1 aliphatic carbocycles. The van der Waals surface area contributed by atoms with E-state index in [0.29, 0.717) is 23.9 Å². The Morgan fingerprint density at radius 3 is 2.56 bits per heavy atom. The minimum Gasteiger partial charge on any atom is -0.481 e. The molecule has 2 unspecified atom stereocenters. The average molecular weight is 496 g/mol. The maximum Gasteiger partial charge on any atom is 0.303 e. The summed E-state index contributed by atoms with van der Waals surface area (Å²) >= 11 is 0. The van der Waals surface area contributed by atoms with Gasteiger partial charge in [0.15, 0.2) is 0 Å². The minimum atomic E-state index is -0.693. The van der Waals surface area contributed by atoms with E-state index in [-0.39, 0.29) is 24.1 Å². The minimum absolute atomic E-state index is 0.180. The molecule has 0 spiro atoms. The lowest BCUT2D eigenvalue weighted by Gasteiger charge is -2.38. The van der Waals surface area contributed by atoms with E-state index in [4.69, 9.17) is 0 Å². The standard InChI is InChI=1S/C28H38FN5O2/c29-23-7-3-6-20(15-23)25-19-34(26-8-2-1-5-21(26)16-27(35)36)18-22(25)17-33-13-9-24(10-14-33)32-28-30-11-4-12-31-28/h3-4,6-7,11-12,15,21-22,24-26H,1-2,5,8-10,13-14,16-19H2,(H,35,36)(H,30,31,32)/t21?,22-,25+,26?/m0/s1. The maximum absolute atomic E-state index is 14.2. The van der Waals surface area contributed by atoms with Crippen molar-refractivity contribution in [3.63, 3.8) is 0 Å². The monoisotopic (exact) mass is 495 g/mol. The number of benzene rings is 1. The number of anilines is 1. The molecule has 2 aromatic rings. The van der Waals surface area contributed by atoms with Gasteiger partial charge in [-0.05, 0) is 61.3 Å². The summed E-state index contributed by atoms with van der Waals surface area (Å²) < 4.78 is 14.2. The van der Waals surface area contributed by atoms with Gasteiger partial charge in [-0.2, -0.15) is 0 Å². The second-order valence-electron chi connectivity index (χ2n) is 10.9. The molecule has 3 heterocycles. The zero-order valence-corrected chi connectivity index (χ0v) is 20.9. The van der Waals surface area contributed by atoms with Gasteiger partial charge in [-0.25, -0.2) is 14.4 Å². The van der Waals surface area contributed by atoms with Crippen LogP contribution in [0.4, 0.5) is 10.3 Å². The molecule has 2 N–H and O–H groups in total. The van der Waals surface area contributed by atoms with Crippen molar-refractivity contribution in [2.45, 2.75) is 62.9 Å². The molecule has 1 aromatic heterocycles. The van der Waals surface area contributed by atoms with Crippen LogP contribution >= 0.6 is 0 Å². The molecule has 3 fully saturated rings. The molecule has 4 atom stereocenters. The number of hydrogen-bond acceptors (Lipinski definition) is 6. The number of aliphatic carboxylic acids is 1. The Morgan fingerprint density at radius 2 is 1.81 bits per heavy atom. The lowest BCUT2D eigenvalue weighted by atomic mass is 9.81. The highest BCUT2D eigenvalue weighted by atomic mass is 19.1. The van der Waals surface area contributed by atoms with E-state index in [1.54, 1.807) is 18.5 Å². The van der Waals surface area contributed by atoms with Gasteiger partial charge in [-0.15, -0.1) is 0 Å². The van der Waals surface area contributed by atoms with Crippen molar-refractivity contribution in [3.05, 3.63) is 54.1 Å². The summed E-state index contributed by atoms with van der Waals surface area (Å²) in [5, 5.41) is 12.9. The molecule has 2 aliphatic heterocycles. The Hall–Kier alpha value is -2.58. The summed E-state index contributed by atoms with van der Waals surface area (Å²) in [5.41, 5.74) is 1.07. The van der Waals surface area contributed by atoms with Crippen molar-refractivity contribution < 1.29 is 14.3 Å². The number of hydrogen-bond donors (Lipinski definition) is 2. The van der Waals surface area contributed by atoms with Crippen molar-refractivity contribution in [2.24, 2.45) is 11.8 Å². The molecule has 36 heavy (non-hydrogen) atoms. The number of nitrogens with one attached hydrogen (secondary N) is 1. The van der Waals surface area contributed by atoms with Crippen LogP contribution in [0.25, 0.3) is 0 Å². The van der Waals surface area contributed by atoms with E-state index >= 15 is 0 Å². The topological polar surface area (TPSA) is 81.6 Å². The first-order valence-electron chi connectivity index (χ1n) is 13.5. The van der Waals surface area contributed by atoms with Crippen molar-refractivity contribution in [1.82, 2.24) is 19.8 Å². The number of carboxylic acid groups (broad SMARTS) is 1. The van der Waals surface area contributed by atoms with E-state index < -0.39 is 5.97 Å². The molecular weight excluding hydrogens is 457 g/mol. The molecule has 194 valence electrons. The number of rotatable bonds is 8. The molecule has 3 aliphatic rings. The van der Waals surface area contributed by atoms with Crippen LogP contribution < -0.4 is 5.32 Å². The van der Waals surface area contributed by atoms with Gasteiger partial charge in [0, 0.05) is 69.5 Å². The number of nitrogens with zero attached hydrogens (tertiary/aromatic N) is 4.